The van der Waals surface area contributed by atoms with Crippen LogP contribution >= 0.6 is 24.0 Å². The lowest BCUT2D eigenvalue weighted by Crippen LogP contribution is -2.40. The molecule has 150 valence electrons. The fraction of sp³-hybridized carbons (Fsp3) is 0.364. The van der Waals surface area contributed by atoms with Crippen LogP contribution in [-0.2, 0) is 17.8 Å². The molecule has 0 aliphatic carbocycles. The Morgan fingerprint density at radius 1 is 1.04 bits per heavy atom. The van der Waals surface area contributed by atoms with Crippen molar-refractivity contribution in [1.29, 1.82) is 0 Å². The number of halogens is 1. The molecule has 1 unspecified atom stereocenters. The number of nitrogens with one attached hydrogen (secondary N) is 2. The molecule has 28 heavy (non-hydrogen) atoms. The van der Waals surface area contributed by atoms with Gasteiger partial charge in [-0.15, -0.1) is 24.0 Å². The van der Waals surface area contributed by atoms with Gasteiger partial charge in [-0.25, -0.2) is 0 Å². The summed E-state index contributed by atoms with van der Waals surface area (Å²) in [6.45, 7) is 3.09. The van der Waals surface area contributed by atoms with Gasteiger partial charge in [-0.05, 0) is 17.5 Å². The SMILES string of the molecule is CN=C(NCc1ccccc1)NCC1CC(=O)N(CCc2ccccc2)C1.I. The van der Waals surface area contributed by atoms with Crippen molar-refractivity contribution < 1.29 is 4.79 Å². The van der Waals surface area contributed by atoms with Crippen LogP contribution in [-0.4, -0.2) is 43.4 Å². The number of carbonyl (C=O) groups is 1. The Labute approximate surface area is 184 Å². The quantitative estimate of drug-likeness (QED) is 0.355. The smallest absolute Gasteiger partial charge is 0.223 e. The molecule has 2 N–H and O–H groups in total. The minimum atomic E-state index is 0. The number of aliphatic imine (C=N–C) groups is 1. The number of guanidine groups is 1. The van der Waals surface area contributed by atoms with Crippen molar-refractivity contribution in [3.63, 3.8) is 0 Å². The molecule has 2 aromatic rings. The van der Waals surface area contributed by atoms with Crippen LogP contribution in [0, 0.1) is 5.92 Å². The number of benzene rings is 2. The number of carbonyl (C=O) groups excluding carboxylic acids is 1. The van der Waals surface area contributed by atoms with Crippen LogP contribution in [0.1, 0.15) is 17.5 Å². The van der Waals surface area contributed by atoms with E-state index in [2.05, 4.69) is 39.9 Å². The van der Waals surface area contributed by atoms with E-state index in [0.717, 1.165) is 38.6 Å². The van der Waals surface area contributed by atoms with Gasteiger partial charge in [0.2, 0.25) is 5.91 Å². The molecular weight excluding hydrogens is 463 g/mol. The molecule has 3 rings (SSSR count). The number of nitrogens with zero attached hydrogens (tertiary/aromatic N) is 2. The van der Waals surface area contributed by atoms with Gasteiger partial charge in [-0.2, -0.15) is 0 Å². The van der Waals surface area contributed by atoms with Gasteiger partial charge in [0.15, 0.2) is 5.96 Å². The maximum atomic E-state index is 12.3. The summed E-state index contributed by atoms with van der Waals surface area (Å²) < 4.78 is 0. The van der Waals surface area contributed by atoms with Crippen LogP contribution in [0.15, 0.2) is 65.7 Å². The van der Waals surface area contributed by atoms with E-state index in [-0.39, 0.29) is 29.9 Å². The highest BCUT2D eigenvalue weighted by Crippen LogP contribution is 2.17. The molecule has 1 aliphatic heterocycles. The largest absolute Gasteiger partial charge is 0.356 e. The molecule has 2 aromatic carbocycles. The average Bonchev–Trinajstić information content (AvgIpc) is 3.07. The van der Waals surface area contributed by atoms with Crippen LogP contribution in [0.4, 0.5) is 0 Å². The zero-order chi connectivity index (χ0) is 18.9. The Morgan fingerprint density at radius 3 is 2.32 bits per heavy atom. The summed E-state index contributed by atoms with van der Waals surface area (Å²) in [7, 11) is 1.77. The summed E-state index contributed by atoms with van der Waals surface area (Å²) in [5, 5.41) is 6.68. The third-order valence-corrected chi connectivity index (χ3v) is 4.89. The first-order chi connectivity index (χ1) is 13.2. The van der Waals surface area contributed by atoms with Crippen LogP contribution < -0.4 is 10.6 Å². The first-order valence-corrected chi connectivity index (χ1v) is 9.54. The van der Waals surface area contributed by atoms with Gasteiger partial charge >= 0.3 is 0 Å². The number of hydrogen-bond donors (Lipinski definition) is 2. The Hall–Kier alpha value is -2.09. The van der Waals surface area contributed by atoms with E-state index in [0.29, 0.717) is 12.3 Å². The van der Waals surface area contributed by atoms with E-state index in [1.165, 1.54) is 11.1 Å². The molecule has 0 aromatic heterocycles. The topological polar surface area (TPSA) is 56.7 Å². The average molecular weight is 492 g/mol. The molecule has 1 amide bonds. The molecule has 1 fully saturated rings. The summed E-state index contributed by atoms with van der Waals surface area (Å²) in [6.07, 6.45) is 1.52. The van der Waals surface area contributed by atoms with E-state index in [1.807, 2.05) is 41.3 Å². The van der Waals surface area contributed by atoms with Crippen molar-refractivity contribution in [2.45, 2.75) is 19.4 Å². The van der Waals surface area contributed by atoms with Gasteiger partial charge in [-0.1, -0.05) is 60.7 Å². The maximum Gasteiger partial charge on any atom is 0.223 e. The van der Waals surface area contributed by atoms with Gasteiger partial charge in [0, 0.05) is 45.6 Å². The molecule has 1 saturated heterocycles. The van der Waals surface area contributed by atoms with Gasteiger partial charge in [-0.3, -0.25) is 9.79 Å². The second kappa shape index (κ2) is 11.7. The zero-order valence-corrected chi connectivity index (χ0v) is 18.6. The fourth-order valence-electron chi connectivity index (χ4n) is 3.36. The van der Waals surface area contributed by atoms with Crippen molar-refractivity contribution in [2.75, 3.05) is 26.7 Å². The molecule has 0 saturated carbocycles. The Balaban J connectivity index is 0.00000280. The van der Waals surface area contributed by atoms with Gasteiger partial charge in [0.1, 0.15) is 0 Å². The predicted molar refractivity (Wildman–Crippen MR) is 125 cm³/mol. The highest BCUT2D eigenvalue weighted by molar-refractivity contribution is 14.0. The fourth-order valence-corrected chi connectivity index (χ4v) is 3.36. The molecule has 6 heteroatoms. The molecule has 0 radical (unpaired) electrons. The summed E-state index contributed by atoms with van der Waals surface area (Å²) in [4.78, 5) is 18.5. The molecule has 1 aliphatic rings. The number of amides is 1. The van der Waals surface area contributed by atoms with Crippen LogP contribution in [0.3, 0.4) is 0 Å². The first-order valence-electron chi connectivity index (χ1n) is 9.54. The lowest BCUT2D eigenvalue weighted by atomic mass is 10.1. The molecular formula is C22H29IN4O. The molecule has 1 heterocycles. The Kier molecular flexibility index (Phi) is 9.27. The highest BCUT2D eigenvalue weighted by Gasteiger charge is 2.29. The van der Waals surface area contributed by atoms with E-state index in [1.54, 1.807) is 7.05 Å². The third-order valence-electron chi connectivity index (χ3n) is 4.89. The van der Waals surface area contributed by atoms with Crippen LogP contribution in [0.5, 0.6) is 0 Å². The predicted octanol–water partition coefficient (Wildman–Crippen LogP) is 3.06. The van der Waals surface area contributed by atoms with Crippen LogP contribution in [0.2, 0.25) is 0 Å². The summed E-state index contributed by atoms with van der Waals surface area (Å²) >= 11 is 0. The summed E-state index contributed by atoms with van der Waals surface area (Å²) in [5.74, 6) is 1.35. The first kappa shape index (κ1) is 22.2. The Bertz CT molecular complexity index is 752. The van der Waals surface area contributed by atoms with Crippen molar-refractivity contribution in [3.05, 3.63) is 71.8 Å². The monoisotopic (exact) mass is 492 g/mol. The zero-order valence-electron chi connectivity index (χ0n) is 16.3. The second-order valence-corrected chi connectivity index (χ2v) is 6.94. The minimum Gasteiger partial charge on any atom is -0.356 e. The molecule has 1 atom stereocenters. The minimum absolute atomic E-state index is 0. The normalized spacial score (nSPS) is 16.6. The maximum absolute atomic E-state index is 12.3. The number of hydrogen-bond acceptors (Lipinski definition) is 2. The lowest BCUT2D eigenvalue weighted by Gasteiger charge is -2.18. The van der Waals surface area contributed by atoms with Gasteiger partial charge in [0.05, 0.1) is 0 Å². The highest BCUT2D eigenvalue weighted by atomic mass is 127. The standard InChI is InChI=1S/C22H28N4O.HI/c1-23-22(24-15-19-10-6-3-7-11-19)25-16-20-14-21(27)26(17-20)13-12-18-8-4-2-5-9-18;/h2-11,20H,12-17H2,1H3,(H2,23,24,25);1H. The molecule has 0 bridgehead atoms. The number of likely N-dealkylation sites (tertiary alicyclic amines) is 1. The van der Waals surface area contributed by atoms with Crippen LogP contribution in [0.25, 0.3) is 0 Å². The van der Waals surface area contributed by atoms with Gasteiger partial charge < -0.3 is 15.5 Å². The van der Waals surface area contributed by atoms with E-state index >= 15 is 0 Å². The van der Waals surface area contributed by atoms with Gasteiger partial charge in [0.25, 0.3) is 0 Å². The van der Waals surface area contributed by atoms with Crippen molar-refractivity contribution in [3.8, 4) is 0 Å². The van der Waals surface area contributed by atoms with E-state index in [9.17, 15) is 4.79 Å². The lowest BCUT2D eigenvalue weighted by molar-refractivity contribution is -0.127. The molecule has 5 nitrogen and oxygen atoms in total. The van der Waals surface area contributed by atoms with Crippen molar-refractivity contribution in [2.24, 2.45) is 10.9 Å². The summed E-state index contributed by atoms with van der Waals surface area (Å²) in [6, 6.07) is 20.6. The second-order valence-electron chi connectivity index (χ2n) is 6.94. The molecule has 0 spiro atoms. The summed E-state index contributed by atoms with van der Waals surface area (Å²) in [5.41, 5.74) is 2.49. The Morgan fingerprint density at radius 2 is 1.68 bits per heavy atom. The van der Waals surface area contributed by atoms with Crippen molar-refractivity contribution >= 4 is 35.8 Å². The van der Waals surface area contributed by atoms with E-state index < -0.39 is 0 Å². The van der Waals surface area contributed by atoms with Crippen molar-refractivity contribution in [1.82, 2.24) is 15.5 Å². The van der Waals surface area contributed by atoms with E-state index in [4.69, 9.17) is 0 Å². The third kappa shape index (κ3) is 6.82. The number of rotatable bonds is 7.